The molecule has 0 saturated carbocycles. The van der Waals surface area contributed by atoms with Crippen molar-refractivity contribution in [3.8, 4) is 0 Å². The van der Waals surface area contributed by atoms with E-state index in [9.17, 15) is 9.59 Å². The lowest BCUT2D eigenvalue weighted by Crippen LogP contribution is -2.20. The van der Waals surface area contributed by atoms with Gasteiger partial charge >= 0.3 is 0 Å². The summed E-state index contributed by atoms with van der Waals surface area (Å²) in [6, 6.07) is 14.4. The molecule has 3 heteroatoms. The van der Waals surface area contributed by atoms with Gasteiger partial charge in [0.1, 0.15) is 6.29 Å². The van der Waals surface area contributed by atoms with Crippen LogP contribution in [0.25, 0.3) is 0 Å². The molecule has 1 amide bonds. The monoisotopic (exact) mass is 281 g/mol. The fourth-order valence-corrected chi connectivity index (χ4v) is 2.22. The van der Waals surface area contributed by atoms with Gasteiger partial charge in [0.05, 0.1) is 0 Å². The van der Waals surface area contributed by atoms with E-state index >= 15 is 0 Å². The zero-order chi connectivity index (χ0) is 15.5. The standard InChI is InChI=1S/C18H19NO2/c1-18(2,3)16-10-5-4-9-15(16)17(21)19-14-8-6-7-13(11-14)12-20/h4-12H,1-3H3,(H,19,21). The number of amides is 1. The van der Waals surface area contributed by atoms with Crippen molar-refractivity contribution in [2.75, 3.05) is 5.32 Å². The van der Waals surface area contributed by atoms with Crippen molar-refractivity contribution in [2.45, 2.75) is 26.2 Å². The van der Waals surface area contributed by atoms with E-state index in [1.807, 2.05) is 24.3 Å². The van der Waals surface area contributed by atoms with Crippen LogP contribution < -0.4 is 5.32 Å². The first-order valence-electron chi connectivity index (χ1n) is 6.88. The molecule has 0 aliphatic rings. The summed E-state index contributed by atoms with van der Waals surface area (Å²) in [7, 11) is 0. The van der Waals surface area contributed by atoms with Crippen molar-refractivity contribution < 1.29 is 9.59 Å². The number of anilines is 1. The highest BCUT2D eigenvalue weighted by Crippen LogP contribution is 2.26. The SMILES string of the molecule is CC(C)(C)c1ccccc1C(=O)Nc1cccc(C=O)c1. The molecule has 0 aromatic heterocycles. The second-order valence-electron chi connectivity index (χ2n) is 5.99. The summed E-state index contributed by atoms with van der Waals surface area (Å²) in [5.74, 6) is -0.163. The first kappa shape index (κ1) is 15.0. The summed E-state index contributed by atoms with van der Waals surface area (Å²) in [5.41, 5.74) is 2.69. The van der Waals surface area contributed by atoms with Crippen molar-refractivity contribution in [2.24, 2.45) is 0 Å². The Kier molecular flexibility index (Phi) is 4.22. The Balaban J connectivity index is 2.31. The summed E-state index contributed by atoms with van der Waals surface area (Å²) in [6.45, 7) is 6.23. The maximum Gasteiger partial charge on any atom is 0.255 e. The predicted octanol–water partition coefficient (Wildman–Crippen LogP) is 4.05. The number of carbonyl (C=O) groups excluding carboxylic acids is 2. The van der Waals surface area contributed by atoms with Gasteiger partial charge in [0.25, 0.3) is 5.91 Å². The van der Waals surface area contributed by atoms with Gasteiger partial charge < -0.3 is 5.32 Å². The van der Waals surface area contributed by atoms with E-state index in [1.54, 1.807) is 24.3 Å². The van der Waals surface area contributed by atoms with Crippen LogP contribution in [-0.4, -0.2) is 12.2 Å². The Morgan fingerprint density at radius 2 is 1.76 bits per heavy atom. The summed E-state index contributed by atoms with van der Waals surface area (Å²) >= 11 is 0. The maximum atomic E-state index is 12.5. The normalized spacial score (nSPS) is 11.0. The minimum absolute atomic E-state index is 0.113. The molecule has 0 aliphatic carbocycles. The van der Waals surface area contributed by atoms with Crippen LogP contribution in [0, 0.1) is 0 Å². The van der Waals surface area contributed by atoms with Gasteiger partial charge in [0.2, 0.25) is 0 Å². The molecule has 21 heavy (non-hydrogen) atoms. The Morgan fingerprint density at radius 3 is 2.43 bits per heavy atom. The quantitative estimate of drug-likeness (QED) is 0.863. The molecule has 0 fully saturated rings. The van der Waals surface area contributed by atoms with Gasteiger partial charge in [-0.25, -0.2) is 0 Å². The summed E-state index contributed by atoms with van der Waals surface area (Å²) in [4.78, 5) is 23.3. The number of rotatable bonds is 3. The molecule has 0 atom stereocenters. The Morgan fingerprint density at radius 1 is 1.05 bits per heavy atom. The Hall–Kier alpha value is -2.42. The van der Waals surface area contributed by atoms with Crippen molar-refractivity contribution >= 4 is 17.9 Å². The molecule has 3 nitrogen and oxygen atoms in total. The average molecular weight is 281 g/mol. The van der Waals surface area contributed by atoms with Gasteiger partial charge in [-0.1, -0.05) is 51.1 Å². The van der Waals surface area contributed by atoms with Crippen LogP contribution in [-0.2, 0) is 5.41 Å². The average Bonchev–Trinajstić information content (AvgIpc) is 2.46. The van der Waals surface area contributed by atoms with E-state index in [0.29, 0.717) is 16.8 Å². The molecule has 0 radical (unpaired) electrons. The summed E-state index contributed by atoms with van der Waals surface area (Å²) in [5, 5.41) is 2.85. The number of nitrogens with one attached hydrogen (secondary N) is 1. The molecular formula is C18H19NO2. The number of aldehydes is 1. The van der Waals surface area contributed by atoms with Gasteiger partial charge in [0, 0.05) is 16.8 Å². The van der Waals surface area contributed by atoms with E-state index in [-0.39, 0.29) is 11.3 Å². The molecule has 0 saturated heterocycles. The minimum atomic E-state index is -0.163. The Labute approximate surface area is 125 Å². The van der Waals surface area contributed by atoms with Gasteiger partial charge in [-0.2, -0.15) is 0 Å². The van der Waals surface area contributed by atoms with Crippen molar-refractivity contribution in [1.29, 1.82) is 0 Å². The largest absolute Gasteiger partial charge is 0.322 e. The van der Waals surface area contributed by atoms with Crippen molar-refractivity contribution in [3.05, 3.63) is 65.2 Å². The van der Waals surface area contributed by atoms with Crippen molar-refractivity contribution in [1.82, 2.24) is 0 Å². The number of carbonyl (C=O) groups is 2. The molecule has 0 bridgehead atoms. The third kappa shape index (κ3) is 3.57. The lowest BCUT2D eigenvalue weighted by atomic mass is 9.83. The van der Waals surface area contributed by atoms with Crippen LogP contribution in [0.15, 0.2) is 48.5 Å². The van der Waals surface area contributed by atoms with E-state index in [2.05, 4.69) is 26.1 Å². The van der Waals surface area contributed by atoms with Crippen LogP contribution in [0.3, 0.4) is 0 Å². The molecular weight excluding hydrogens is 262 g/mol. The van der Waals surface area contributed by atoms with E-state index < -0.39 is 0 Å². The van der Waals surface area contributed by atoms with E-state index in [0.717, 1.165) is 11.8 Å². The third-order valence-electron chi connectivity index (χ3n) is 3.26. The fourth-order valence-electron chi connectivity index (χ4n) is 2.22. The lowest BCUT2D eigenvalue weighted by molar-refractivity contribution is 0.102. The summed E-state index contributed by atoms with van der Waals surface area (Å²) in [6.07, 6.45) is 0.763. The molecule has 0 heterocycles. The highest BCUT2D eigenvalue weighted by molar-refractivity contribution is 6.05. The molecule has 0 aliphatic heterocycles. The molecule has 2 aromatic carbocycles. The summed E-state index contributed by atoms with van der Waals surface area (Å²) < 4.78 is 0. The van der Waals surface area contributed by atoms with Crippen molar-refractivity contribution in [3.63, 3.8) is 0 Å². The molecule has 108 valence electrons. The number of hydrogen-bond acceptors (Lipinski definition) is 2. The topological polar surface area (TPSA) is 46.2 Å². The van der Waals surface area contributed by atoms with Gasteiger partial charge in [-0.3, -0.25) is 9.59 Å². The zero-order valence-corrected chi connectivity index (χ0v) is 12.5. The predicted molar refractivity (Wildman–Crippen MR) is 84.9 cm³/mol. The number of hydrogen-bond donors (Lipinski definition) is 1. The first-order chi connectivity index (χ1) is 9.91. The van der Waals surface area contributed by atoms with E-state index in [1.165, 1.54) is 0 Å². The van der Waals surface area contributed by atoms with Crippen LogP contribution in [0.1, 0.15) is 47.1 Å². The molecule has 0 spiro atoms. The molecule has 2 rings (SSSR count). The lowest BCUT2D eigenvalue weighted by Gasteiger charge is -2.22. The van der Waals surface area contributed by atoms with E-state index in [4.69, 9.17) is 0 Å². The first-order valence-corrected chi connectivity index (χ1v) is 6.88. The van der Waals surface area contributed by atoms with Crippen LogP contribution in [0.2, 0.25) is 0 Å². The zero-order valence-electron chi connectivity index (χ0n) is 12.5. The van der Waals surface area contributed by atoms with Crippen LogP contribution >= 0.6 is 0 Å². The third-order valence-corrected chi connectivity index (χ3v) is 3.26. The van der Waals surface area contributed by atoms with Gasteiger partial charge in [0.15, 0.2) is 0 Å². The highest BCUT2D eigenvalue weighted by atomic mass is 16.1. The van der Waals surface area contributed by atoms with Gasteiger partial charge in [-0.05, 0) is 29.2 Å². The highest BCUT2D eigenvalue weighted by Gasteiger charge is 2.21. The van der Waals surface area contributed by atoms with Crippen LogP contribution in [0.5, 0.6) is 0 Å². The second kappa shape index (κ2) is 5.92. The molecule has 0 unspecified atom stereocenters. The van der Waals surface area contributed by atoms with Crippen LogP contribution in [0.4, 0.5) is 5.69 Å². The smallest absolute Gasteiger partial charge is 0.255 e. The molecule has 1 N–H and O–H groups in total. The second-order valence-corrected chi connectivity index (χ2v) is 5.99. The van der Waals surface area contributed by atoms with Gasteiger partial charge in [-0.15, -0.1) is 0 Å². The Bertz CT molecular complexity index is 669. The maximum absolute atomic E-state index is 12.5. The fraction of sp³-hybridized carbons (Fsp3) is 0.222. The molecule has 2 aromatic rings. The number of benzene rings is 2. The minimum Gasteiger partial charge on any atom is -0.322 e.